The van der Waals surface area contributed by atoms with Crippen LogP contribution in [0.4, 0.5) is 0 Å². The standard InChI is InChI=1S/C44H26N4S/c1-3-13-27(14-4-1)40-41-39(34-21-11-12-22-37(34)45-40)36-26-30(23-24-38(36)49-41)43-46-42(28-15-5-2-6-16-28)47-44(48-43)35-25-29-17-7-8-18-31(29)32-19-9-10-20-33(32)35/h1-26H. The van der Waals surface area contributed by atoms with Crippen LogP contribution in [0.3, 0.4) is 0 Å². The Kier molecular flexibility index (Phi) is 6.32. The molecule has 7 aromatic carbocycles. The van der Waals surface area contributed by atoms with Gasteiger partial charge in [0.25, 0.3) is 0 Å². The summed E-state index contributed by atoms with van der Waals surface area (Å²) in [6.07, 6.45) is 0. The largest absolute Gasteiger partial charge is 0.246 e. The molecule has 0 unspecified atom stereocenters. The summed E-state index contributed by atoms with van der Waals surface area (Å²) in [5.41, 5.74) is 5.98. The monoisotopic (exact) mass is 642 g/mol. The van der Waals surface area contributed by atoms with E-state index < -0.39 is 0 Å². The van der Waals surface area contributed by atoms with Crippen LogP contribution in [0, 0.1) is 0 Å². The molecule has 3 heterocycles. The Morgan fingerprint density at radius 2 is 1.00 bits per heavy atom. The Morgan fingerprint density at radius 3 is 1.80 bits per heavy atom. The maximum atomic E-state index is 5.22. The first kappa shape index (κ1) is 27.8. The van der Waals surface area contributed by atoms with Crippen molar-refractivity contribution in [3.05, 3.63) is 158 Å². The van der Waals surface area contributed by atoms with Gasteiger partial charge >= 0.3 is 0 Å². The molecule has 0 radical (unpaired) electrons. The van der Waals surface area contributed by atoms with Crippen LogP contribution in [0.1, 0.15) is 0 Å². The van der Waals surface area contributed by atoms with E-state index in [1.54, 1.807) is 11.3 Å². The van der Waals surface area contributed by atoms with E-state index in [0.717, 1.165) is 49.6 Å². The smallest absolute Gasteiger partial charge is 0.164 e. The van der Waals surface area contributed by atoms with Crippen LogP contribution in [0.2, 0.25) is 0 Å². The van der Waals surface area contributed by atoms with Gasteiger partial charge in [0, 0.05) is 43.1 Å². The van der Waals surface area contributed by atoms with E-state index in [2.05, 4.69) is 133 Å². The number of hydrogen-bond donors (Lipinski definition) is 0. The zero-order valence-corrected chi connectivity index (χ0v) is 27.0. The zero-order chi connectivity index (χ0) is 32.3. The summed E-state index contributed by atoms with van der Waals surface area (Å²) in [7, 11) is 0. The van der Waals surface area contributed by atoms with E-state index in [9.17, 15) is 0 Å². The van der Waals surface area contributed by atoms with Crippen molar-refractivity contribution in [2.45, 2.75) is 0 Å². The number of para-hydroxylation sites is 1. The van der Waals surface area contributed by atoms with Crippen LogP contribution in [0.15, 0.2) is 158 Å². The second kappa shape index (κ2) is 11.2. The summed E-state index contributed by atoms with van der Waals surface area (Å²) >= 11 is 1.79. The van der Waals surface area contributed by atoms with Crippen LogP contribution in [0.5, 0.6) is 0 Å². The van der Waals surface area contributed by atoms with E-state index in [0.29, 0.717) is 17.5 Å². The molecular formula is C44H26N4S. The first-order valence-electron chi connectivity index (χ1n) is 16.3. The van der Waals surface area contributed by atoms with E-state index in [-0.39, 0.29) is 0 Å². The van der Waals surface area contributed by atoms with Crippen molar-refractivity contribution in [1.82, 2.24) is 19.9 Å². The number of thiophene rings is 1. The minimum atomic E-state index is 0.643. The Labute approximate surface area is 286 Å². The average Bonchev–Trinajstić information content (AvgIpc) is 3.57. The maximum Gasteiger partial charge on any atom is 0.164 e. The van der Waals surface area contributed by atoms with E-state index in [1.807, 2.05) is 24.3 Å². The highest BCUT2D eigenvalue weighted by Gasteiger charge is 2.19. The van der Waals surface area contributed by atoms with Crippen molar-refractivity contribution in [3.8, 4) is 45.4 Å². The first-order valence-corrected chi connectivity index (χ1v) is 17.1. The fourth-order valence-corrected chi connectivity index (χ4v) is 8.21. The number of hydrogen-bond acceptors (Lipinski definition) is 5. The molecule has 0 N–H and O–H groups in total. The molecule has 4 nitrogen and oxygen atoms in total. The lowest BCUT2D eigenvalue weighted by molar-refractivity contribution is 1.08. The number of aromatic nitrogens is 4. The van der Waals surface area contributed by atoms with Gasteiger partial charge in [-0.2, -0.15) is 0 Å². The lowest BCUT2D eigenvalue weighted by Gasteiger charge is -2.12. The van der Waals surface area contributed by atoms with Gasteiger partial charge in [-0.05, 0) is 51.9 Å². The van der Waals surface area contributed by atoms with Crippen LogP contribution < -0.4 is 0 Å². The van der Waals surface area contributed by atoms with Gasteiger partial charge in [0.1, 0.15) is 0 Å². The van der Waals surface area contributed by atoms with Gasteiger partial charge in [-0.25, -0.2) is 19.9 Å². The normalized spacial score (nSPS) is 11.7. The second-order valence-electron chi connectivity index (χ2n) is 12.2. The quantitative estimate of drug-likeness (QED) is 0.179. The Bertz CT molecular complexity index is 2880. The summed E-state index contributed by atoms with van der Waals surface area (Å²) in [5.74, 6) is 1.94. The lowest BCUT2D eigenvalue weighted by Crippen LogP contribution is -2.00. The fourth-order valence-electron chi connectivity index (χ4n) is 7.00. The molecule has 0 fully saturated rings. The lowest BCUT2D eigenvalue weighted by atomic mass is 9.97. The minimum Gasteiger partial charge on any atom is -0.246 e. The van der Waals surface area contributed by atoms with Crippen molar-refractivity contribution in [3.63, 3.8) is 0 Å². The summed E-state index contributed by atoms with van der Waals surface area (Å²) < 4.78 is 2.38. The van der Waals surface area contributed by atoms with Gasteiger partial charge in [0.05, 0.1) is 15.9 Å². The molecule has 0 saturated heterocycles. The summed E-state index contributed by atoms with van der Waals surface area (Å²) in [6, 6.07) is 54.9. The molecular weight excluding hydrogens is 617 g/mol. The molecule has 0 bridgehead atoms. The van der Waals surface area contributed by atoms with E-state index in [1.165, 1.54) is 30.9 Å². The van der Waals surface area contributed by atoms with Gasteiger partial charge in [0.15, 0.2) is 17.5 Å². The molecule has 0 aliphatic heterocycles. The molecule has 0 aliphatic rings. The first-order chi connectivity index (χ1) is 24.3. The molecule has 49 heavy (non-hydrogen) atoms. The highest BCUT2D eigenvalue weighted by atomic mass is 32.1. The van der Waals surface area contributed by atoms with Crippen LogP contribution in [-0.2, 0) is 0 Å². The van der Waals surface area contributed by atoms with Gasteiger partial charge in [-0.15, -0.1) is 11.3 Å². The van der Waals surface area contributed by atoms with Gasteiger partial charge in [0.2, 0.25) is 0 Å². The van der Waals surface area contributed by atoms with Crippen molar-refractivity contribution in [2.24, 2.45) is 0 Å². The zero-order valence-electron chi connectivity index (χ0n) is 26.2. The number of benzene rings is 7. The highest BCUT2D eigenvalue weighted by molar-refractivity contribution is 7.26. The number of nitrogens with zero attached hydrogens (tertiary/aromatic N) is 4. The number of pyridine rings is 1. The van der Waals surface area contributed by atoms with Crippen molar-refractivity contribution >= 4 is 64.0 Å². The number of fused-ring (bicyclic) bond motifs is 8. The Hall–Kier alpha value is -6.30. The molecule has 0 amide bonds. The van der Waals surface area contributed by atoms with Gasteiger partial charge in [-0.1, -0.05) is 127 Å². The minimum absolute atomic E-state index is 0.643. The molecule has 0 saturated carbocycles. The van der Waals surface area contributed by atoms with Gasteiger partial charge < -0.3 is 0 Å². The third-order valence-corrected chi connectivity index (χ3v) is 10.5. The average molecular weight is 643 g/mol. The van der Waals surface area contributed by atoms with Crippen molar-refractivity contribution in [2.75, 3.05) is 0 Å². The molecule has 10 aromatic rings. The third kappa shape index (κ3) is 4.59. The van der Waals surface area contributed by atoms with E-state index >= 15 is 0 Å². The topological polar surface area (TPSA) is 51.6 Å². The molecule has 10 rings (SSSR count). The molecule has 228 valence electrons. The molecule has 5 heteroatoms. The summed E-state index contributed by atoms with van der Waals surface area (Å²) in [5, 5.41) is 8.19. The molecule has 0 spiro atoms. The highest BCUT2D eigenvalue weighted by Crippen LogP contribution is 2.44. The summed E-state index contributed by atoms with van der Waals surface area (Å²) in [6.45, 7) is 0. The maximum absolute atomic E-state index is 5.22. The van der Waals surface area contributed by atoms with Crippen LogP contribution in [0.25, 0.3) is 98.0 Å². The SMILES string of the molecule is c1ccc(-c2nc(-c3ccc4sc5c(-c6ccccc6)nc6ccccc6c5c4c3)nc(-c3cc4ccccc4c4ccccc34)n2)cc1. The number of rotatable bonds is 4. The second-order valence-corrected chi connectivity index (χ2v) is 13.3. The summed E-state index contributed by atoms with van der Waals surface area (Å²) in [4.78, 5) is 20.6. The van der Waals surface area contributed by atoms with Crippen molar-refractivity contribution < 1.29 is 0 Å². The Balaban J connectivity index is 1.25. The third-order valence-electron chi connectivity index (χ3n) is 9.29. The molecule has 3 aromatic heterocycles. The Morgan fingerprint density at radius 1 is 0.388 bits per heavy atom. The molecule has 0 atom stereocenters. The van der Waals surface area contributed by atoms with Crippen LogP contribution in [-0.4, -0.2) is 19.9 Å². The molecule has 0 aliphatic carbocycles. The van der Waals surface area contributed by atoms with Crippen LogP contribution >= 0.6 is 11.3 Å². The van der Waals surface area contributed by atoms with Crippen molar-refractivity contribution in [1.29, 1.82) is 0 Å². The predicted molar refractivity (Wildman–Crippen MR) is 205 cm³/mol. The fraction of sp³-hybridized carbons (Fsp3) is 0. The predicted octanol–water partition coefficient (Wildman–Crippen LogP) is 11.8. The van der Waals surface area contributed by atoms with Gasteiger partial charge in [-0.3, -0.25) is 0 Å². The van der Waals surface area contributed by atoms with E-state index in [4.69, 9.17) is 19.9 Å².